The highest BCUT2D eigenvalue weighted by molar-refractivity contribution is 6.00. The SMILES string of the molecule is COC(C)(C)[C@H]1C[C@@H]1C(=O)Nc1cc2cc(-c3cnccc3CNc3nc(-c4cnccc4C)cc4cc(NC(=O)[C@@H]5C[C@H]5C(C)(C)O)ncc34)nc(N)c2cn1. The normalized spacial score (nSPS) is 19.0. The number of nitrogen functional groups attached to an aromatic ring is 1. The van der Waals surface area contributed by atoms with Gasteiger partial charge in [0.05, 0.1) is 22.6 Å². The number of hydrogen-bond donors (Lipinski definition) is 5. The Balaban J connectivity index is 1.07. The molecule has 57 heavy (non-hydrogen) atoms. The summed E-state index contributed by atoms with van der Waals surface area (Å²) >= 11 is 0. The quantitative estimate of drug-likeness (QED) is 0.0901. The Morgan fingerprint density at radius 3 is 2.02 bits per heavy atom. The maximum Gasteiger partial charge on any atom is 0.229 e. The van der Waals surface area contributed by atoms with Crippen molar-refractivity contribution < 1.29 is 19.4 Å². The molecule has 2 aliphatic carbocycles. The van der Waals surface area contributed by atoms with Gasteiger partial charge in [-0.3, -0.25) is 19.6 Å². The van der Waals surface area contributed by atoms with Gasteiger partial charge >= 0.3 is 0 Å². The van der Waals surface area contributed by atoms with Gasteiger partial charge in [0.2, 0.25) is 11.8 Å². The van der Waals surface area contributed by atoms with Gasteiger partial charge in [-0.2, -0.15) is 0 Å². The summed E-state index contributed by atoms with van der Waals surface area (Å²) in [5.41, 5.74) is 10.0. The Kier molecular flexibility index (Phi) is 9.57. The molecule has 6 heterocycles. The van der Waals surface area contributed by atoms with E-state index in [2.05, 4.69) is 35.9 Å². The Hall–Kier alpha value is -6.12. The second-order valence-electron chi connectivity index (χ2n) is 16.2. The van der Waals surface area contributed by atoms with Gasteiger partial charge in [0, 0.05) is 84.6 Å². The predicted molar refractivity (Wildman–Crippen MR) is 220 cm³/mol. The first-order valence-electron chi connectivity index (χ1n) is 19.0. The minimum atomic E-state index is -0.921. The number of ether oxygens (including phenoxy) is 1. The van der Waals surface area contributed by atoms with Crippen molar-refractivity contribution in [2.45, 2.75) is 65.2 Å². The molecule has 4 atom stereocenters. The first-order valence-corrected chi connectivity index (χ1v) is 19.0. The number of carbonyl (C=O) groups excluding carboxylic acids is 2. The molecule has 2 saturated carbocycles. The Bertz CT molecular complexity index is 2550. The number of pyridine rings is 6. The number of carbonyl (C=O) groups is 2. The van der Waals surface area contributed by atoms with Crippen LogP contribution in [0.3, 0.4) is 0 Å². The number of hydrogen-bond acceptors (Lipinski definition) is 12. The van der Waals surface area contributed by atoms with Crippen LogP contribution in [0.4, 0.5) is 23.3 Å². The highest BCUT2D eigenvalue weighted by Crippen LogP contribution is 2.48. The molecule has 0 aromatic carbocycles. The van der Waals surface area contributed by atoms with Crippen LogP contribution in [0.25, 0.3) is 44.1 Å². The molecule has 0 radical (unpaired) electrons. The number of amides is 2. The van der Waals surface area contributed by atoms with Gasteiger partial charge in [0.1, 0.15) is 23.3 Å². The van der Waals surface area contributed by atoms with Crippen molar-refractivity contribution in [1.82, 2.24) is 29.9 Å². The monoisotopic (exact) mass is 766 g/mol. The number of aryl methyl sites for hydroxylation is 1. The standard InChI is InChI=1S/C43H46N10O4/c1-22-7-9-45-18-28(22)34-12-25-14-37(52-40(54)26-15-32(26)42(2,3)56)48-21-31(25)39(51-34)49-17-23-8-10-46-19-29(23)35-11-24-13-36(47-20-30(24)38(44)50-35)53-41(55)27-16-33(27)43(4,5)57-6/h7-14,18-21,26-27,32-33,56H,15-17H2,1-6H3,(H2,44,50)(H,49,51)(H,47,53,55)(H,48,52,54)/t26-,27+,32-,33+/m1/s1. The van der Waals surface area contributed by atoms with Crippen LogP contribution in [-0.2, 0) is 20.9 Å². The van der Waals surface area contributed by atoms with Crippen LogP contribution in [0.1, 0.15) is 51.7 Å². The summed E-state index contributed by atoms with van der Waals surface area (Å²) in [6.07, 6.45) is 11.7. The van der Waals surface area contributed by atoms with E-state index in [0.717, 1.165) is 44.8 Å². The lowest BCUT2D eigenvalue weighted by molar-refractivity contribution is -0.119. The van der Waals surface area contributed by atoms with Crippen LogP contribution in [0.5, 0.6) is 0 Å². The fourth-order valence-corrected chi connectivity index (χ4v) is 7.70. The zero-order chi connectivity index (χ0) is 40.2. The van der Waals surface area contributed by atoms with E-state index in [1.165, 1.54) is 0 Å². The van der Waals surface area contributed by atoms with Crippen molar-refractivity contribution in [3.8, 4) is 22.5 Å². The molecule has 0 bridgehead atoms. The molecule has 292 valence electrons. The number of aliphatic hydroxyl groups is 1. The van der Waals surface area contributed by atoms with Gasteiger partial charge in [-0.15, -0.1) is 0 Å². The average molecular weight is 767 g/mol. The number of nitrogens with two attached hydrogens (primary N) is 1. The first kappa shape index (κ1) is 37.8. The number of fused-ring (bicyclic) bond motifs is 2. The van der Waals surface area contributed by atoms with E-state index in [1.807, 2.05) is 57.2 Å². The largest absolute Gasteiger partial charge is 0.390 e. The minimum Gasteiger partial charge on any atom is -0.390 e. The van der Waals surface area contributed by atoms with E-state index in [0.29, 0.717) is 53.0 Å². The molecule has 8 rings (SSSR count). The highest BCUT2D eigenvalue weighted by atomic mass is 16.5. The third-order valence-electron chi connectivity index (χ3n) is 11.5. The van der Waals surface area contributed by atoms with E-state index in [-0.39, 0.29) is 41.1 Å². The van der Waals surface area contributed by atoms with Crippen molar-refractivity contribution in [2.75, 3.05) is 28.8 Å². The number of aromatic nitrogens is 6. The van der Waals surface area contributed by atoms with Crippen molar-refractivity contribution in [3.05, 3.63) is 84.7 Å². The van der Waals surface area contributed by atoms with Gasteiger partial charge in [-0.1, -0.05) is 0 Å². The summed E-state index contributed by atoms with van der Waals surface area (Å²) in [4.78, 5) is 53.7. The molecule has 2 fully saturated rings. The molecule has 2 amide bonds. The van der Waals surface area contributed by atoms with Crippen molar-refractivity contribution >= 4 is 56.6 Å². The van der Waals surface area contributed by atoms with E-state index >= 15 is 0 Å². The molecular formula is C43H46N10O4. The summed E-state index contributed by atoms with van der Waals surface area (Å²) in [5, 5.41) is 22.9. The van der Waals surface area contributed by atoms with Gasteiger partial charge in [-0.05, 0) is 118 Å². The highest BCUT2D eigenvalue weighted by Gasteiger charge is 2.52. The van der Waals surface area contributed by atoms with Crippen molar-refractivity contribution in [1.29, 1.82) is 0 Å². The molecule has 2 aliphatic rings. The molecular weight excluding hydrogens is 721 g/mol. The second-order valence-corrected chi connectivity index (χ2v) is 16.2. The first-order chi connectivity index (χ1) is 27.2. The zero-order valence-corrected chi connectivity index (χ0v) is 32.8. The van der Waals surface area contributed by atoms with Crippen LogP contribution in [0.15, 0.2) is 73.6 Å². The van der Waals surface area contributed by atoms with E-state index in [4.69, 9.17) is 20.4 Å². The summed E-state index contributed by atoms with van der Waals surface area (Å²) in [7, 11) is 1.67. The summed E-state index contributed by atoms with van der Waals surface area (Å²) in [6, 6.07) is 11.4. The molecule has 14 nitrogen and oxygen atoms in total. The van der Waals surface area contributed by atoms with Crippen LogP contribution >= 0.6 is 0 Å². The molecule has 6 aromatic heterocycles. The Morgan fingerprint density at radius 1 is 0.807 bits per heavy atom. The van der Waals surface area contributed by atoms with Crippen molar-refractivity contribution in [3.63, 3.8) is 0 Å². The molecule has 0 aliphatic heterocycles. The Labute approximate surface area is 330 Å². The van der Waals surface area contributed by atoms with Crippen LogP contribution < -0.4 is 21.7 Å². The van der Waals surface area contributed by atoms with Gasteiger partial charge < -0.3 is 31.5 Å². The van der Waals surface area contributed by atoms with Gasteiger partial charge in [0.15, 0.2) is 0 Å². The smallest absolute Gasteiger partial charge is 0.229 e. The van der Waals surface area contributed by atoms with E-state index < -0.39 is 5.60 Å². The lowest BCUT2D eigenvalue weighted by Crippen LogP contribution is -2.28. The maximum absolute atomic E-state index is 13.1. The van der Waals surface area contributed by atoms with Gasteiger partial charge in [0.25, 0.3) is 0 Å². The average Bonchev–Trinajstić information content (AvgIpc) is 4.11. The lowest BCUT2D eigenvalue weighted by Gasteiger charge is -2.22. The van der Waals surface area contributed by atoms with Crippen LogP contribution in [0, 0.1) is 30.6 Å². The van der Waals surface area contributed by atoms with Crippen LogP contribution in [0.2, 0.25) is 0 Å². The lowest BCUT2D eigenvalue weighted by atomic mass is 10.0. The summed E-state index contributed by atoms with van der Waals surface area (Å²) in [5.74, 6) is 1.16. The third-order valence-corrected chi connectivity index (χ3v) is 11.5. The minimum absolute atomic E-state index is 0.0847. The number of rotatable bonds is 12. The summed E-state index contributed by atoms with van der Waals surface area (Å²) in [6.45, 7) is 9.82. The topological polar surface area (TPSA) is 203 Å². The molecule has 0 saturated heterocycles. The maximum atomic E-state index is 13.1. The molecule has 0 spiro atoms. The fourth-order valence-electron chi connectivity index (χ4n) is 7.70. The molecule has 14 heteroatoms. The van der Waals surface area contributed by atoms with Gasteiger partial charge in [-0.25, -0.2) is 19.9 Å². The molecule has 6 N–H and O–H groups in total. The predicted octanol–water partition coefficient (Wildman–Crippen LogP) is 6.54. The number of nitrogens with one attached hydrogen (secondary N) is 3. The van der Waals surface area contributed by atoms with E-state index in [1.54, 1.807) is 58.1 Å². The Morgan fingerprint density at radius 2 is 1.39 bits per heavy atom. The second kappa shape index (κ2) is 14.4. The number of methoxy groups -OCH3 is 1. The summed E-state index contributed by atoms with van der Waals surface area (Å²) < 4.78 is 5.60. The fraction of sp³-hybridized carbons (Fsp3) is 0.349. The zero-order valence-electron chi connectivity index (χ0n) is 32.8. The number of anilines is 4. The van der Waals surface area contributed by atoms with Crippen molar-refractivity contribution in [2.24, 2.45) is 23.7 Å². The van der Waals surface area contributed by atoms with Crippen LogP contribution in [-0.4, -0.2) is 65.1 Å². The van der Waals surface area contributed by atoms with E-state index in [9.17, 15) is 14.7 Å². The molecule has 0 unspecified atom stereocenters. The number of nitrogens with zero attached hydrogens (tertiary/aromatic N) is 6. The molecule has 6 aromatic rings. The third kappa shape index (κ3) is 7.70.